The molecule has 0 atom stereocenters. The van der Waals surface area contributed by atoms with E-state index in [-0.39, 0.29) is 5.91 Å². The number of halogens is 1. The number of rotatable bonds is 2. The molecule has 1 N–H and O–H groups in total. The highest BCUT2D eigenvalue weighted by Crippen LogP contribution is 2.28. The molecule has 0 aromatic heterocycles. The van der Waals surface area contributed by atoms with Crippen LogP contribution in [0.4, 0.5) is 5.69 Å². The zero-order valence-electron chi connectivity index (χ0n) is 7.55. The minimum atomic E-state index is -0.0528. The summed E-state index contributed by atoms with van der Waals surface area (Å²) in [6, 6.07) is 5.75. The predicted molar refractivity (Wildman–Crippen MR) is 58.1 cm³/mol. The van der Waals surface area contributed by atoms with Crippen molar-refractivity contribution in [1.29, 1.82) is 0 Å². The van der Waals surface area contributed by atoms with Crippen LogP contribution in [0.15, 0.2) is 18.2 Å². The maximum Gasteiger partial charge on any atom is 0.235 e. The van der Waals surface area contributed by atoms with Crippen LogP contribution in [0.25, 0.3) is 0 Å². The first-order valence-electron chi connectivity index (χ1n) is 4.41. The Bertz CT molecular complexity index is 365. The third-order valence-corrected chi connectivity index (χ3v) is 2.61. The number of hydrogen-bond acceptors (Lipinski definition) is 2. The van der Waals surface area contributed by atoms with Gasteiger partial charge in [-0.3, -0.25) is 4.79 Å². The van der Waals surface area contributed by atoms with Gasteiger partial charge in [0.2, 0.25) is 5.91 Å². The van der Waals surface area contributed by atoms with Crippen molar-refractivity contribution in [3.05, 3.63) is 23.8 Å². The van der Waals surface area contributed by atoms with Gasteiger partial charge in [-0.2, -0.15) is 0 Å². The van der Waals surface area contributed by atoms with Crippen LogP contribution in [0.5, 0.6) is 5.75 Å². The van der Waals surface area contributed by atoms with Crippen LogP contribution in [0.1, 0.15) is 5.56 Å². The minimum Gasteiger partial charge on any atom is -0.493 e. The first-order valence-corrected chi connectivity index (χ1v) is 5.53. The SMILES string of the molecule is O=C(CBr)Nc1ccc2c(c1)OCC2. The van der Waals surface area contributed by atoms with Crippen molar-refractivity contribution >= 4 is 27.5 Å². The fraction of sp³-hybridized carbons (Fsp3) is 0.300. The molecule has 1 amide bonds. The van der Waals surface area contributed by atoms with Crippen LogP contribution in [-0.2, 0) is 11.2 Å². The highest BCUT2D eigenvalue weighted by atomic mass is 79.9. The number of amides is 1. The number of hydrogen-bond donors (Lipinski definition) is 1. The molecule has 0 bridgehead atoms. The number of anilines is 1. The zero-order chi connectivity index (χ0) is 9.97. The molecule has 1 aliphatic heterocycles. The molecular formula is C10H10BrNO2. The van der Waals surface area contributed by atoms with Crippen molar-refractivity contribution in [1.82, 2.24) is 0 Å². The maximum absolute atomic E-state index is 11.1. The molecule has 3 nitrogen and oxygen atoms in total. The zero-order valence-corrected chi connectivity index (χ0v) is 9.13. The van der Waals surface area contributed by atoms with Crippen LogP contribution < -0.4 is 10.1 Å². The summed E-state index contributed by atoms with van der Waals surface area (Å²) in [5.74, 6) is 0.834. The van der Waals surface area contributed by atoms with Gasteiger partial charge in [0, 0.05) is 18.2 Å². The second-order valence-electron chi connectivity index (χ2n) is 3.10. The smallest absolute Gasteiger partial charge is 0.235 e. The van der Waals surface area contributed by atoms with Gasteiger partial charge in [0.1, 0.15) is 5.75 Å². The van der Waals surface area contributed by atoms with Gasteiger partial charge in [0.05, 0.1) is 11.9 Å². The largest absolute Gasteiger partial charge is 0.493 e. The quantitative estimate of drug-likeness (QED) is 0.821. The van der Waals surface area contributed by atoms with Crippen molar-refractivity contribution < 1.29 is 9.53 Å². The third-order valence-electron chi connectivity index (χ3n) is 2.10. The first kappa shape index (κ1) is 9.52. The Morgan fingerprint density at radius 3 is 3.21 bits per heavy atom. The van der Waals surface area contributed by atoms with Crippen molar-refractivity contribution in [2.75, 3.05) is 17.3 Å². The van der Waals surface area contributed by atoms with Crippen LogP contribution >= 0.6 is 15.9 Å². The highest BCUT2D eigenvalue weighted by molar-refractivity contribution is 9.09. The molecule has 0 saturated heterocycles. The molecule has 4 heteroatoms. The molecule has 0 spiro atoms. The molecule has 0 unspecified atom stereocenters. The van der Waals surface area contributed by atoms with E-state index in [1.54, 1.807) is 0 Å². The summed E-state index contributed by atoms with van der Waals surface area (Å²) in [6.45, 7) is 0.741. The molecule has 0 fully saturated rings. The van der Waals surface area contributed by atoms with Crippen LogP contribution in [0, 0.1) is 0 Å². The number of nitrogens with one attached hydrogen (secondary N) is 1. The summed E-state index contributed by atoms with van der Waals surface area (Å²) in [5, 5.41) is 3.07. The van der Waals surface area contributed by atoms with Gasteiger partial charge in [-0.15, -0.1) is 0 Å². The molecule has 0 radical (unpaired) electrons. The molecule has 1 aromatic rings. The molecule has 0 saturated carbocycles. The summed E-state index contributed by atoms with van der Waals surface area (Å²) >= 11 is 3.09. The lowest BCUT2D eigenvalue weighted by Crippen LogP contribution is -2.12. The topological polar surface area (TPSA) is 38.3 Å². The molecule has 1 aromatic carbocycles. The molecule has 74 valence electrons. The molecule has 14 heavy (non-hydrogen) atoms. The lowest BCUT2D eigenvalue weighted by Gasteiger charge is -2.04. The van der Waals surface area contributed by atoms with E-state index in [4.69, 9.17) is 4.74 Å². The number of carbonyl (C=O) groups is 1. The Balaban J connectivity index is 2.16. The van der Waals surface area contributed by atoms with Crippen molar-refractivity contribution in [3.8, 4) is 5.75 Å². The van der Waals surface area contributed by atoms with Gasteiger partial charge in [0.15, 0.2) is 0 Å². The lowest BCUT2D eigenvalue weighted by molar-refractivity contribution is -0.113. The summed E-state index contributed by atoms with van der Waals surface area (Å²) in [6.07, 6.45) is 0.960. The summed E-state index contributed by atoms with van der Waals surface area (Å²) in [5.41, 5.74) is 2.00. The van der Waals surface area contributed by atoms with Crippen molar-refractivity contribution in [3.63, 3.8) is 0 Å². The van der Waals surface area contributed by atoms with Crippen LogP contribution in [0.2, 0.25) is 0 Å². The van der Waals surface area contributed by atoms with Gasteiger partial charge in [0.25, 0.3) is 0 Å². The second-order valence-corrected chi connectivity index (χ2v) is 3.66. The highest BCUT2D eigenvalue weighted by Gasteiger charge is 2.12. The van der Waals surface area contributed by atoms with E-state index < -0.39 is 0 Å². The van der Waals surface area contributed by atoms with E-state index in [1.165, 1.54) is 5.56 Å². The lowest BCUT2D eigenvalue weighted by atomic mass is 10.1. The van der Waals surface area contributed by atoms with Crippen molar-refractivity contribution in [2.24, 2.45) is 0 Å². The van der Waals surface area contributed by atoms with Gasteiger partial charge in [-0.1, -0.05) is 22.0 Å². The number of benzene rings is 1. The van der Waals surface area contributed by atoms with Crippen molar-refractivity contribution in [2.45, 2.75) is 6.42 Å². The predicted octanol–water partition coefficient (Wildman–Crippen LogP) is 1.95. The Kier molecular flexibility index (Phi) is 2.72. The van der Waals surface area contributed by atoms with Crippen LogP contribution in [-0.4, -0.2) is 17.8 Å². The molecule has 2 rings (SSSR count). The second kappa shape index (κ2) is 4.00. The Morgan fingerprint density at radius 1 is 1.57 bits per heavy atom. The summed E-state index contributed by atoms with van der Waals surface area (Å²) in [4.78, 5) is 11.1. The number of fused-ring (bicyclic) bond motifs is 1. The van der Waals surface area contributed by atoms with Gasteiger partial charge in [-0.05, 0) is 11.6 Å². The van der Waals surface area contributed by atoms with Crippen LogP contribution in [0.3, 0.4) is 0 Å². The molecule has 0 aliphatic carbocycles. The Morgan fingerprint density at radius 2 is 2.43 bits per heavy atom. The summed E-state index contributed by atoms with van der Waals surface area (Å²) in [7, 11) is 0. The van der Waals surface area contributed by atoms with Gasteiger partial charge in [-0.25, -0.2) is 0 Å². The standard InChI is InChI=1S/C10H10BrNO2/c11-6-10(13)12-8-2-1-7-3-4-14-9(7)5-8/h1-2,5H,3-4,6H2,(H,12,13). The van der Waals surface area contributed by atoms with E-state index in [2.05, 4.69) is 21.2 Å². The van der Waals surface area contributed by atoms with E-state index >= 15 is 0 Å². The third kappa shape index (κ3) is 1.90. The molecule has 1 heterocycles. The van der Waals surface area contributed by atoms with E-state index in [0.717, 1.165) is 24.5 Å². The maximum atomic E-state index is 11.1. The fourth-order valence-corrected chi connectivity index (χ4v) is 1.58. The van der Waals surface area contributed by atoms with E-state index in [0.29, 0.717) is 5.33 Å². The number of alkyl halides is 1. The molecular weight excluding hydrogens is 246 g/mol. The Hall–Kier alpha value is -1.03. The van der Waals surface area contributed by atoms with E-state index in [9.17, 15) is 4.79 Å². The minimum absolute atomic E-state index is 0.0528. The number of carbonyl (C=O) groups excluding carboxylic acids is 1. The summed E-state index contributed by atoms with van der Waals surface area (Å²) < 4.78 is 5.39. The first-order chi connectivity index (χ1) is 6.79. The number of ether oxygens (including phenoxy) is 1. The van der Waals surface area contributed by atoms with E-state index in [1.807, 2.05) is 18.2 Å². The Labute approximate surface area is 90.6 Å². The average molecular weight is 256 g/mol. The van der Waals surface area contributed by atoms with Gasteiger partial charge >= 0.3 is 0 Å². The monoisotopic (exact) mass is 255 g/mol. The fourth-order valence-electron chi connectivity index (χ4n) is 1.44. The normalized spacial score (nSPS) is 13.2. The van der Waals surface area contributed by atoms with Gasteiger partial charge < -0.3 is 10.1 Å². The molecule has 1 aliphatic rings. The average Bonchev–Trinajstić information content (AvgIpc) is 2.64.